The van der Waals surface area contributed by atoms with E-state index < -0.39 is 5.97 Å². The van der Waals surface area contributed by atoms with Crippen molar-refractivity contribution in [2.24, 2.45) is 0 Å². The van der Waals surface area contributed by atoms with Gasteiger partial charge >= 0.3 is 5.97 Å². The Morgan fingerprint density at radius 2 is 1.88 bits per heavy atom. The summed E-state index contributed by atoms with van der Waals surface area (Å²) in [6.45, 7) is 1.42. The van der Waals surface area contributed by atoms with E-state index in [-0.39, 0.29) is 11.6 Å². The van der Waals surface area contributed by atoms with Gasteiger partial charge < -0.3 is 10.4 Å². The average Bonchev–Trinajstić information content (AvgIpc) is 3.05. The molecular weight excluding hydrogens is 308 g/mol. The standard InChI is InChI=1S/C17H14N4O3/c1-11(22)19-15-9-13(21-16(17(23)24)10-18-20-21)7-8-14(15)12-5-3-2-4-6-12/h2-10H,1H3,(H,19,22)(H,23,24). The van der Waals surface area contributed by atoms with Crippen LogP contribution in [0.3, 0.4) is 0 Å². The lowest BCUT2D eigenvalue weighted by atomic mass is 10.0. The number of hydrogen-bond donors (Lipinski definition) is 2. The van der Waals surface area contributed by atoms with Gasteiger partial charge in [-0.2, -0.15) is 0 Å². The van der Waals surface area contributed by atoms with Crippen LogP contribution < -0.4 is 5.32 Å². The van der Waals surface area contributed by atoms with Crippen LogP contribution in [0.25, 0.3) is 16.8 Å². The van der Waals surface area contributed by atoms with E-state index in [1.807, 2.05) is 36.4 Å². The first-order chi connectivity index (χ1) is 11.6. The fourth-order valence-electron chi connectivity index (χ4n) is 2.40. The summed E-state index contributed by atoms with van der Waals surface area (Å²) in [4.78, 5) is 22.8. The lowest BCUT2D eigenvalue weighted by molar-refractivity contribution is -0.114. The molecule has 0 aliphatic heterocycles. The van der Waals surface area contributed by atoms with Gasteiger partial charge in [0.15, 0.2) is 5.69 Å². The number of aromatic carboxylic acids is 1. The Morgan fingerprint density at radius 1 is 1.12 bits per heavy atom. The summed E-state index contributed by atoms with van der Waals surface area (Å²) < 4.78 is 1.21. The van der Waals surface area contributed by atoms with Crippen molar-refractivity contribution in [1.29, 1.82) is 0 Å². The number of nitrogens with one attached hydrogen (secondary N) is 1. The molecule has 3 aromatic rings. The van der Waals surface area contributed by atoms with Crippen molar-refractivity contribution >= 4 is 17.6 Å². The third-order valence-corrected chi connectivity index (χ3v) is 3.41. The number of amides is 1. The van der Waals surface area contributed by atoms with Crippen LogP contribution in [0.15, 0.2) is 54.7 Å². The molecule has 2 N–H and O–H groups in total. The SMILES string of the molecule is CC(=O)Nc1cc(-n2nncc2C(=O)O)ccc1-c1ccccc1. The van der Waals surface area contributed by atoms with Gasteiger partial charge in [-0.05, 0) is 17.7 Å². The molecule has 0 atom stereocenters. The minimum Gasteiger partial charge on any atom is -0.476 e. The quantitative estimate of drug-likeness (QED) is 0.769. The molecule has 0 fully saturated rings. The molecule has 7 nitrogen and oxygen atoms in total. The maximum absolute atomic E-state index is 11.5. The van der Waals surface area contributed by atoms with Gasteiger partial charge in [0.1, 0.15) is 0 Å². The van der Waals surface area contributed by atoms with Crippen LogP contribution in [0.1, 0.15) is 17.4 Å². The Bertz CT molecular complexity index is 903. The first kappa shape index (κ1) is 15.4. The molecule has 0 spiro atoms. The molecule has 2 aromatic carbocycles. The van der Waals surface area contributed by atoms with Crippen molar-refractivity contribution in [3.05, 3.63) is 60.4 Å². The molecule has 0 saturated heterocycles. The van der Waals surface area contributed by atoms with Crippen LogP contribution in [0.2, 0.25) is 0 Å². The fourth-order valence-corrected chi connectivity index (χ4v) is 2.40. The zero-order chi connectivity index (χ0) is 17.1. The van der Waals surface area contributed by atoms with Gasteiger partial charge in [0.05, 0.1) is 17.6 Å². The number of carboxylic acid groups (broad SMARTS) is 1. The third-order valence-electron chi connectivity index (χ3n) is 3.41. The summed E-state index contributed by atoms with van der Waals surface area (Å²) >= 11 is 0. The van der Waals surface area contributed by atoms with Crippen molar-refractivity contribution in [1.82, 2.24) is 15.0 Å². The largest absolute Gasteiger partial charge is 0.476 e. The minimum atomic E-state index is -1.13. The molecule has 7 heteroatoms. The van der Waals surface area contributed by atoms with Crippen molar-refractivity contribution < 1.29 is 14.7 Å². The van der Waals surface area contributed by atoms with Gasteiger partial charge in [-0.15, -0.1) is 5.10 Å². The number of anilines is 1. The number of rotatable bonds is 4. The van der Waals surface area contributed by atoms with Crippen LogP contribution in [0.4, 0.5) is 5.69 Å². The van der Waals surface area contributed by atoms with E-state index >= 15 is 0 Å². The average molecular weight is 322 g/mol. The number of nitrogens with zero attached hydrogens (tertiary/aromatic N) is 3. The molecule has 0 bridgehead atoms. The molecule has 1 heterocycles. The zero-order valence-corrected chi connectivity index (χ0v) is 12.8. The summed E-state index contributed by atoms with van der Waals surface area (Å²) in [6, 6.07) is 14.8. The van der Waals surface area contributed by atoms with E-state index in [0.717, 1.165) is 11.1 Å². The van der Waals surface area contributed by atoms with Crippen LogP contribution >= 0.6 is 0 Å². The fraction of sp³-hybridized carbons (Fsp3) is 0.0588. The number of aromatic nitrogens is 3. The van der Waals surface area contributed by atoms with Crippen LogP contribution in [0.5, 0.6) is 0 Å². The second kappa shape index (κ2) is 6.33. The molecule has 0 radical (unpaired) electrons. The van der Waals surface area contributed by atoms with Crippen molar-refractivity contribution in [3.8, 4) is 16.8 Å². The summed E-state index contributed by atoms with van der Waals surface area (Å²) in [5.41, 5.74) is 2.76. The topological polar surface area (TPSA) is 97.1 Å². The van der Waals surface area contributed by atoms with E-state index in [0.29, 0.717) is 11.4 Å². The van der Waals surface area contributed by atoms with Gasteiger partial charge in [-0.3, -0.25) is 4.79 Å². The number of carbonyl (C=O) groups is 2. The molecule has 1 amide bonds. The van der Waals surface area contributed by atoms with Crippen molar-refractivity contribution in [2.45, 2.75) is 6.92 Å². The lowest BCUT2D eigenvalue weighted by Gasteiger charge is -2.13. The van der Waals surface area contributed by atoms with E-state index in [4.69, 9.17) is 0 Å². The second-order valence-electron chi connectivity index (χ2n) is 5.11. The molecule has 0 unspecified atom stereocenters. The van der Waals surface area contributed by atoms with Crippen LogP contribution in [-0.4, -0.2) is 32.0 Å². The van der Waals surface area contributed by atoms with Gasteiger partial charge in [-0.25, -0.2) is 9.48 Å². The zero-order valence-electron chi connectivity index (χ0n) is 12.8. The Labute approximate surface area is 137 Å². The Morgan fingerprint density at radius 3 is 2.54 bits per heavy atom. The minimum absolute atomic E-state index is 0.0590. The normalized spacial score (nSPS) is 10.4. The number of benzene rings is 2. The number of hydrogen-bond acceptors (Lipinski definition) is 4. The Hall–Kier alpha value is -3.48. The van der Waals surface area contributed by atoms with Gasteiger partial charge in [-0.1, -0.05) is 41.6 Å². The van der Waals surface area contributed by atoms with Crippen LogP contribution in [0, 0.1) is 0 Å². The first-order valence-corrected chi connectivity index (χ1v) is 7.17. The number of carbonyl (C=O) groups excluding carboxylic acids is 1. The smallest absolute Gasteiger partial charge is 0.356 e. The van der Waals surface area contributed by atoms with Crippen molar-refractivity contribution in [2.75, 3.05) is 5.32 Å². The summed E-state index contributed by atoms with van der Waals surface area (Å²) in [5, 5.41) is 19.4. The highest BCUT2D eigenvalue weighted by molar-refractivity contribution is 5.95. The van der Waals surface area contributed by atoms with E-state index in [1.54, 1.807) is 12.1 Å². The lowest BCUT2D eigenvalue weighted by Crippen LogP contribution is -2.10. The second-order valence-corrected chi connectivity index (χ2v) is 5.11. The van der Waals surface area contributed by atoms with Gasteiger partial charge in [0.2, 0.25) is 5.91 Å². The molecule has 0 saturated carbocycles. The highest BCUT2D eigenvalue weighted by atomic mass is 16.4. The highest BCUT2D eigenvalue weighted by Crippen LogP contribution is 2.30. The Kier molecular flexibility index (Phi) is 4.07. The molecule has 0 aliphatic rings. The highest BCUT2D eigenvalue weighted by Gasteiger charge is 2.15. The number of carboxylic acids is 1. The molecule has 0 aliphatic carbocycles. The molecule has 3 rings (SSSR count). The summed E-state index contributed by atoms with van der Waals surface area (Å²) in [7, 11) is 0. The van der Waals surface area contributed by atoms with E-state index in [9.17, 15) is 14.7 Å². The van der Waals surface area contributed by atoms with E-state index in [2.05, 4.69) is 15.6 Å². The van der Waals surface area contributed by atoms with Gasteiger partial charge in [0, 0.05) is 12.5 Å². The third kappa shape index (κ3) is 3.00. The summed E-state index contributed by atoms with van der Waals surface area (Å²) in [6.07, 6.45) is 1.17. The first-order valence-electron chi connectivity index (χ1n) is 7.17. The monoisotopic (exact) mass is 322 g/mol. The predicted molar refractivity (Wildman–Crippen MR) is 88.1 cm³/mol. The van der Waals surface area contributed by atoms with Crippen LogP contribution in [-0.2, 0) is 4.79 Å². The predicted octanol–water partition coefficient (Wildman–Crippen LogP) is 2.59. The molecular formula is C17H14N4O3. The molecule has 1 aromatic heterocycles. The molecule has 120 valence electrons. The maximum atomic E-state index is 11.5. The van der Waals surface area contributed by atoms with Gasteiger partial charge in [0.25, 0.3) is 0 Å². The van der Waals surface area contributed by atoms with Crippen molar-refractivity contribution in [3.63, 3.8) is 0 Å². The summed E-state index contributed by atoms with van der Waals surface area (Å²) in [5.74, 6) is -1.35. The van der Waals surface area contributed by atoms with E-state index in [1.165, 1.54) is 17.8 Å². The molecule has 24 heavy (non-hydrogen) atoms. The Balaban J connectivity index is 2.13. The maximum Gasteiger partial charge on any atom is 0.356 e.